The zero-order valence-electron chi connectivity index (χ0n) is 37.6. The Kier molecular flexibility index (Phi) is 10.6. The molecule has 2 aliphatic heterocycles. The van der Waals surface area contributed by atoms with Crippen molar-refractivity contribution in [3.63, 3.8) is 0 Å². The van der Waals surface area contributed by atoms with Gasteiger partial charge in [0.25, 0.3) is 0 Å². The Hall–Kier alpha value is -6.38. The predicted octanol–water partition coefficient (Wildman–Crippen LogP) is 8.67. The summed E-state index contributed by atoms with van der Waals surface area (Å²) >= 11 is 0. The number of halogens is 4. The Morgan fingerprint density at radius 3 is 1.97 bits per heavy atom. The summed E-state index contributed by atoms with van der Waals surface area (Å²) in [7, 11) is 2.57. The average Bonchev–Trinajstić information content (AvgIpc) is 3.97. The molecule has 4 saturated carbocycles. The van der Waals surface area contributed by atoms with E-state index in [0.717, 1.165) is 56.2 Å². The van der Waals surface area contributed by atoms with Crippen molar-refractivity contribution >= 4 is 56.8 Å². The maximum Gasteiger partial charge on any atom is 0.407 e. The van der Waals surface area contributed by atoms with Crippen molar-refractivity contribution in [3.8, 4) is 11.8 Å². The second kappa shape index (κ2) is 16.4. The van der Waals surface area contributed by atoms with Crippen LogP contribution < -0.4 is 5.32 Å². The summed E-state index contributed by atoms with van der Waals surface area (Å²) in [5.74, 6) is 1.14. The van der Waals surface area contributed by atoms with E-state index in [4.69, 9.17) is 14.7 Å². The molecular weight excluding hydrogens is 885 g/mol. The van der Waals surface area contributed by atoms with Crippen molar-refractivity contribution in [3.05, 3.63) is 71.3 Å². The van der Waals surface area contributed by atoms with Crippen LogP contribution in [0.2, 0.25) is 0 Å². The smallest absolute Gasteiger partial charge is 0.407 e. The number of aromatic amines is 2. The number of carboxylic acid groups (broad SMARTS) is 1. The van der Waals surface area contributed by atoms with E-state index in [-0.39, 0.29) is 87.2 Å². The van der Waals surface area contributed by atoms with Crippen LogP contribution in [0.4, 0.5) is 27.2 Å². The molecule has 4 heterocycles. The van der Waals surface area contributed by atoms with E-state index in [1.807, 2.05) is 48.5 Å². The van der Waals surface area contributed by atoms with Gasteiger partial charge in [-0.3, -0.25) is 14.5 Å². The van der Waals surface area contributed by atoms with Crippen molar-refractivity contribution in [2.45, 2.75) is 125 Å². The maximum absolute atomic E-state index is 14.4. The largest absolute Gasteiger partial charge is 0.465 e. The lowest BCUT2D eigenvalue weighted by Gasteiger charge is -2.39. The number of fused-ring (bicyclic) bond motifs is 6. The van der Waals surface area contributed by atoms with E-state index in [0.29, 0.717) is 35.9 Å². The number of carbonyl (C=O) groups is 4. The molecule has 5 aromatic rings. The lowest BCUT2D eigenvalue weighted by Crippen LogP contribution is -2.54. The average molecular weight is 937 g/mol. The highest BCUT2D eigenvalue weighted by Gasteiger charge is 2.59. The Morgan fingerprint density at radius 2 is 1.34 bits per heavy atom. The molecule has 18 heteroatoms. The number of nitrogens with zero attached hydrogens (tertiary/aromatic N) is 5. The number of imidazole rings is 2. The summed E-state index contributed by atoms with van der Waals surface area (Å²) < 4.78 is 61.3. The third-order valence-electron chi connectivity index (χ3n) is 15.8. The zero-order chi connectivity index (χ0) is 47.4. The fourth-order valence-electron chi connectivity index (χ4n) is 12.0. The number of likely N-dealkylation sites (tertiary alicyclic amines) is 2. The molecule has 2 aromatic heterocycles. The van der Waals surface area contributed by atoms with Crippen LogP contribution in [-0.4, -0.2) is 114 Å². The molecule has 8 atom stereocenters. The number of ether oxygens (including phenoxy) is 1. The van der Waals surface area contributed by atoms with Gasteiger partial charge in [-0.25, -0.2) is 37.1 Å². The van der Waals surface area contributed by atoms with Crippen molar-refractivity contribution in [1.29, 1.82) is 0 Å². The topological polar surface area (TPSA) is 177 Å². The number of alkyl carbamates (subject to hydrolysis) is 1. The summed E-state index contributed by atoms with van der Waals surface area (Å²) in [6.45, 7) is 0. The molecule has 6 fully saturated rings. The lowest BCUT2D eigenvalue weighted by molar-refractivity contribution is -0.142. The third kappa shape index (κ3) is 8.04. The summed E-state index contributed by atoms with van der Waals surface area (Å²) in [6.07, 6.45) is -0.0591. The van der Waals surface area contributed by atoms with Crippen molar-refractivity contribution in [1.82, 2.24) is 40.0 Å². The normalized spacial score (nSPS) is 27.0. The summed E-state index contributed by atoms with van der Waals surface area (Å²) in [5.41, 5.74) is 4.48. The number of hydrogen-bond donors (Lipinski definition) is 4. The molecule has 3 aromatic carbocycles. The first-order valence-corrected chi connectivity index (χ1v) is 23.7. The maximum atomic E-state index is 14.4. The van der Waals surface area contributed by atoms with Gasteiger partial charge in [-0.05, 0) is 117 Å². The van der Waals surface area contributed by atoms with E-state index < -0.39 is 54.0 Å². The number of aromatic nitrogens is 4. The molecule has 11 rings (SSSR count). The van der Waals surface area contributed by atoms with E-state index in [1.165, 1.54) is 14.2 Å². The van der Waals surface area contributed by atoms with Crippen LogP contribution in [0, 0.1) is 35.5 Å². The van der Waals surface area contributed by atoms with Gasteiger partial charge in [-0.1, -0.05) is 24.0 Å². The van der Waals surface area contributed by atoms with Gasteiger partial charge in [-0.15, -0.1) is 0 Å². The number of nitrogens with one attached hydrogen (secondary N) is 3. The van der Waals surface area contributed by atoms with Crippen LogP contribution in [0.15, 0.2) is 48.5 Å². The number of methoxy groups -OCH3 is 1. The van der Waals surface area contributed by atoms with Crippen LogP contribution in [0.3, 0.4) is 0 Å². The second-order valence-corrected chi connectivity index (χ2v) is 20.1. The SMILES string of the molecule is COC(=O)N[C@H](C(=O)N1[C@@H]2C[C@@H]2C[C@H]1c1nc2cc(C#Cc3ccc4c(ccc5nc([C@@H]6C[C@H]7C[C@H]7N6C(=O)[C@H](C6CCC(F)(F)CC6)N(C)C(=O)O)[nH]c54)c3)ccc2[nH]1)C1CCC(F)(F)CC1. The predicted molar refractivity (Wildman–Crippen MR) is 241 cm³/mol. The first-order valence-electron chi connectivity index (χ1n) is 23.7. The van der Waals surface area contributed by atoms with E-state index in [1.54, 1.807) is 9.80 Å². The molecule has 68 heavy (non-hydrogen) atoms. The molecular formula is C50H52F4N8O6. The second-order valence-electron chi connectivity index (χ2n) is 20.1. The molecule has 4 amide bonds. The molecule has 14 nitrogen and oxygen atoms in total. The molecule has 0 unspecified atom stereocenters. The number of likely N-dealkylation sites (N-methyl/N-ethyl adjacent to an activating group) is 1. The van der Waals surface area contributed by atoms with Gasteiger partial charge < -0.3 is 34.9 Å². The van der Waals surface area contributed by atoms with Crippen molar-refractivity contribution in [2.75, 3.05) is 14.2 Å². The molecule has 356 valence electrons. The Labute approximate surface area is 388 Å². The van der Waals surface area contributed by atoms with Gasteiger partial charge in [-0.2, -0.15) is 0 Å². The van der Waals surface area contributed by atoms with Crippen molar-refractivity contribution in [2.24, 2.45) is 23.7 Å². The fourth-order valence-corrected chi connectivity index (χ4v) is 12.0. The minimum Gasteiger partial charge on any atom is -0.465 e. The highest BCUT2D eigenvalue weighted by atomic mass is 19.3. The highest BCUT2D eigenvalue weighted by molar-refractivity contribution is 6.04. The molecule has 4 aliphatic carbocycles. The number of hydrogen-bond acceptors (Lipinski definition) is 7. The molecule has 4 N–H and O–H groups in total. The Morgan fingerprint density at radius 1 is 0.765 bits per heavy atom. The zero-order valence-corrected chi connectivity index (χ0v) is 37.6. The number of alkyl halides is 4. The molecule has 0 bridgehead atoms. The number of amides is 4. The van der Waals surface area contributed by atoms with E-state index >= 15 is 0 Å². The molecule has 0 radical (unpaired) electrons. The summed E-state index contributed by atoms with van der Waals surface area (Å²) in [6, 6.07) is 12.6. The minimum absolute atomic E-state index is 0.0105. The summed E-state index contributed by atoms with van der Waals surface area (Å²) in [5, 5.41) is 14.5. The van der Waals surface area contributed by atoms with Gasteiger partial charge in [0.05, 0.1) is 41.3 Å². The summed E-state index contributed by atoms with van der Waals surface area (Å²) in [4.78, 5) is 74.7. The quantitative estimate of drug-likeness (QED) is 0.0883. The number of piperidine rings is 2. The molecule has 0 spiro atoms. The van der Waals surface area contributed by atoms with E-state index in [9.17, 15) is 41.8 Å². The van der Waals surface area contributed by atoms with Crippen LogP contribution in [0.5, 0.6) is 0 Å². The lowest BCUT2D eigenvalue weighted by atomic mass is 9.81. The first kappa shape index (κ1) is 44.1. The van der Waals surface area contributed by atoms with Gasteiger partial charge in [0.2, 0.25) is 23.7 Å². The van der Waals surface area contributed by atoms with Crippen LogP contribution in [0.1, 0.15) is 112 Å². The molecule has 6 aliphatic rings. The molecule has 2 saturated heterocycles. The van der Waals surface area contributed by atoms with Gasteiger partial charge in [0, 0.05) is 61.3 Å². The van der Waals surface area contributed by atoms with Gasteiger partial charge in [0.1, 0.15) is 23.7 Å². The monoisotopic (exact) mass is 936 g/mol. The number of H-pyrrole nitrogens is 2. The third-order valence-corrected chi connectivity index (χ3v) is 15.8. The minimum atomic E-state index is -2.81. The fraction of sp³-hybridized carbons (Fsp3) is 0.520. The van der Waals surface area contributed by atoms with Crippen molar-refractivity contribution < 1.29 is 46.6 Å². The Balaban J connectivity index is 0.811. The number of benzene rings is 3. The standard InChI is InChI=1S/C50H52F4N8O6/c1-60(48(66)67)42(28-13-17-50(53,54)18-14-28)46(64)62-37-22-31(37)24-39(62)44-56-34-10-7-29-19-25(5-8-32(29)41(34)58-44)3-4-26-6-9-33-35(20-26)57-43(55-33)38-23-30-21-36(30)61(38)45(63)40(59-47(65)68-2)27-11-15-49(51,52)16-12-27/h5-10,19-20,27-28,30-31,36-40,42H,11-18,21-24H2,1-2H3,(H,55,57)(H,56,58)(H,59,65)(H,66,67)/t30-,31-,36-,37-,38+,39+,40+,42+/m1/s1. The van der Waals surface area contributed by atoms with Crippen LogP contribution in [-0.2, 0) is 14.3 Å². The van der Waals surface area contributed by atoms with E-state index in [2.05, 4.69) is 27.1 Å². The Bertz CT molecular complexity index is 2930. The first-order chi connectivity index (χ1) is 32.5. The number of rotatable bonds is 8. The van der Waals surface area contributed by atoms with Crippen LogP contribution >= 0.6 is 0 Å². The van der Waals surface area contributed by atoms with Crippen LogP contribution in [0.25, 0.3) is 32.8 Å². The van der Waals surface area contributed by atoms with Gasteiger partial charge >= 0.3 is 12.2 Å². The highest BCUT2D eigenvalue weighted by Crippen LogP contribution is 2.55. The number of carbonyl (C=O) groups excluding carboxylic acids is 3. The van der Waals surface area contributed by atoms with Gasteiger partial charge in [0.15, 0.2) is 0 Å².